The van der Waals surface area contributed by atoms with Crippen LogP contribution >= 0.6 is 0 Å². The molecule has 1 fully saturated rings. The Bertz CT molecular complexity index is 620. The SMILES string of the molecule is CCCCCC(CCCCC)CCCCCCCCCCC(CCCCCCCCCCC(CCCCC)CCCCC)CCCN1CCN(C)CC1. The van der Waals surface area contributed by atoms with Gasteiger partial charge in [0.15, 0.2) is 0 Å². The normalized spacial score (nSPS) is 14.5. The maximum Gasteiger partial charge on any atom is 0.0110 e. The first-order chi connectivity index (χ1) is 26.1. The van der Waals surface area contributed by atoms with Crippen molar-refractivity contribution >= 4 is 0 Å². The van der Waals surface area contributed by atoms with Crippen LogP contribution in [0.4, 0.5) is 0 Å². The van der Waals surface area contributed by atoms with Crippen molar-refractivity contribution in [1.82, 2.24) is 9.80 Å². The largest absolute Gasteiger partial charge is 0.304 e. The molecule has 53 heavy (non-hydrogen) atoms. The molecule has 1 aliphatic rings. The lowest BCUT2D eigenvalue weighted by Crippen LogP contribution is -2.44. The second kappa shape index (κ2) is 40.1. The Morgan fingerprint density at radius 3 is 0.774 bits per heavy atom. The topological polar surface area (TPSA) is 6.48 Å². The molecule has 0 saturated carbocycles. The maximum atomic E-state index is 2.75. The van der Waals surface area contributed by atoms with Gasteiger partial charge in [0.1, 0.15) is 0 Å². The first-order valence-electron chi connectivity index (χ1n) is 25.5. The van der Waals surface area contributed by atoms with Crippen molar-refractivity contribution in [3.63, 3.8) is 0 Å². The van der Waals surface area contributed by atoms with Crippen LogP contribution in [0.2, 0.25) is 0 Å². The van der Waals surface area contributed by atoms with Crippen LogP contribution < -0.4 is 0 Å². The minimum atomic E-state index is 0.993. The van der Waals surface area contributed by atoms with E-state index in [4.69, 9.17) is 0 Å². The van der Waals surface area contributed by atoms with Crippen LogP contribution in [-0.2, 0) is 0 Å². The summed E-state index contributed by atoms with van der Waals surface area (Å²) in [5, 5.41) is 0. The summed E-state index contributed by atoms with van der Waals surface area (Å²) in [6, 6.07) is 0. The summed E-state index contributed by atoms with van der Waals surface area (Å²) >= 11 is 0. The zero-order valence-corrected chi connectivity index (χ0v) is 38.0. The fraction of sp³-hybridized carbons (Fsp3) is 1.00. The van der Waals surface area contributed by atoms with Crippen LogP contribution in [0, 0.1) is 17.8 Å². The lowest BCUT2D eigenvalue weighted by molar-refractivity contribution is 0.149. The molecule has 0 amide bonds. The van der Waals surface area contributed by atoms with Crippen LogP contribution in [0.1, 0.15) is 272 Å². The van der Waals surface area contributed by atoms with E-state index in [0.29, 0.717) is 0 Å². The molecular formula is C51H104N2. The van der Waals surface area contributed by atoms with Crippen molar-refractivity contribution < 1.29 is 0 Å². The van der Waals surface area contributed by atoms with Gasteiger partial charge >= 0.3 is 0 Å². The van der Waals surface area contributed by atoms with Gasteiger partial charge in [-0.3, -0.25) is 0 Å². The Morgan fingerprint density at radius 2 is 0.509 bits per heavy atom. The van der Waals surface area contributed by atoms with Gasteiger partial charge in [-0.05, 0) is 44.2 Å². The zero-order valence-electron chi connectivity index (χ0n) is 38.0. The van der Waals surface area contributed by atoms with Gasteiger partial charge in [0.05, 0.1) is 0 Å². The Balaban J connectivity index is 2.21. The molecule has 0 bridgehead atoms. The Morgan fingerprint density at radius 1 is 0.283 bits per heavy atom. The highest BCUT2D eigenvalue weighted by atomic mass is 15.2. The van der Waals surface area contributed by atoms with Gasteiger partial charge in [-0.1, -0.05) is 259 Å². The van der Waals surface area contributed by atoms with Crippen LogP contribution in [-0.4, -0.2) is 49.6 Å². The zero-order chi connectivity index (χ0) is 38.3. The number of hydrogen-bond acceptors (Lipinski definition) is 2. The quantitative estimate of drug-likeness (QED) is 0.0574. The Hall–Kier alpha value is -0.0800. The van der Waals surface area contributed by atoms with Gasteiger partial charge in [0, 0.05) is 26.2 Å². The predicted octanol–water partition coefficient (Wildman–Crippen LogP) is 17.0. The van der Waals surface area contributed by atoms with E-state index in [1.807, 2.05) is 0 Å². The van der Waals surface area contributed by atoms with Crippen LogP contribution in [0.3, 0.4) is 0 Å². The van der Waals surface area contributed by atoms with Crippen LogP contribution in [0.25, 0.3) is 0 Å². The van der Waals surface area contributed by atoms with E-state index in [1.54, 1.807) is 0 Å². The van der Waals surface area contributed by atoms with E-state index >= 15 is 0 Å². The van der Waals surface area contributed by atoms with Crippen molar-refractivity contribution in [3.05, 3.63) is 0 Å². The number of piperazine rings is 1. The number of hydrogen-bond donors (Lipinski definition) is 0. The highest BCUT2D eigenvalue weighted by Gasteiger charge is 2.15. The van der Waals surface area contributed by atoms with E-state index in [1.165, 1.54) is 277 Å². The molecule has 2 nitrogen and oxygen atoms in total. The first-order valence-corrected chi connectivity index (χ1v) is 25.5. The maximum absolute atomic E-state index is 2.75. The summed E-state index contributed by atoms with van der Waals surface area (Å²) in [5.74, 6) is 3.05. The molecular weight excluding hydrogens is 641 g/mol. The van der Waals surface area contributed by atoms with Gasteiger partial charge in [-0.25, -0.2) is 0 Å². The molecule has 2 heteroatoms. The number of unbranched alkanes of at least 4 members (excludes halogenated alkanes) is 22. The lowest BCUT2D eigenvalue weighted by Gasteiger charge is -2.32. The van der Waals surface area contributed by atoms with Gasteiger partial charge in [0.2, 0.25) is 0 Å². The second-order valence-corrected chi connectivity index (χ2v) is 18.7. The smallest absolute Gasteiger partial charge is 0.0110 e. The summed E-state index contributed by atoms with van der Waals surface area (Å²) in [6.07, 6.45) is 56.1. The molecule has 0 atom stereocenters. The standard InChI is InChI=1S/C51H104N2/c1-6-10-26-35-49(36-27-11-7-2)39-30-22-18-14-16-20-24-32-41-51(43-34-44-53-47-45-52(5)46-48-53)42-33-25-21-17-15-19-23-31-40-50(37-28-12-8-3)38-29-13-9-4/h49-51H,6-48H2,1-5H3. The van der Waals surface area contributed by atoms with E-state index < -0.39 is 0 Å². The fourth-order valence-electron chi connectivity index (χ4n) is 9.56. The highest BCUT2D eigenvalue weighted by molar-refractivity contribution is 4.71. The average molecular weight is 745 g/mol. The third kappa shape index (κ3) is 33.7. The minimum Gasteiger partial charge on any atom is -0.304 e. The molecule has 0 aromatic heterocycles. The molecule has 0 aromatic rings. The van der Waals surface area contributed by atoms with Crippen molar-refractivity contribution in [2.45, 2.75) is 272 Å². The third-order valence-electron chi connectivity index (χ3n) is 13.5. The molecule has 1 saturated heterocycles. The monoisotopic (exact) mass is 745 g/mol. The number of rotatable bonds is 42. The molecule has 0 N–H and O–H groups in total. The second-order valence-electron chi connectivity index (χ2n) is 18.7. The van der Waals surface area contributed by atoms with E-state index in [9.17, 15) is 0 Å². The summed E-state index contributed by atoms with van der Waals surface area (Å²) in [4.78, 5) is 5.25. The molecule has 0 spiro atoms. The average Bonchev–Trinajstić information content (AvgIpc) is 3.16. The predicted molar refractivity (Wildman–Crippen MR) is 243 cm³/mol. The molecule has 0 aromatic carbocycles. The van der Waals surface area contributed by atoms with Crippen molar-refractivity contribution in [3.8, 4) is 0 Å². The van der Waals surface area contributed by atoms with Gasteiger partial charge in [-0.15, -0.1) is 0 Å². The third-order valence-corrected chi connectivity index (χ3v) is 13.5. The minimum absolute atomic E-state index is 0.993. The van der Waals surface area contributed by atoms with Crippen LogP contribution in [0.15, 0.2) is 0 Å². The van der Waals surface area contributed by atoms with Gasteiger partial charge in [0.25, 0.3) is 0 Å². The lowest BCUT2D eigenvalue weighted by atomic mass is 9.89. The summed E-state index contributed by atoms with van der Waals surface area (Å²) in [5.41, 5.74) is 0. The molecule has 1 heterocycles. The number of likely N-dealkylation sites (N-methyl/N-ethyl adjacent to an activating group) is 1. The van der Waals surface area contributed by atoms with Crippen LogP contribution in [0.5, 0.6) is 0 Å². The molecule has 0 unspecified atom stereocenters. The van der Waals surface area contributed by atoms with Gasteiger partial charge < -0.3 is 9.80 Å². The van der Waals surface area contributed by atoms with Crippen molar-refractivity contribution in [2.75, 3.05) is 39.8 Å². The summed E-state index contributed by atoms with van der Waals surface area (Å²) in [7, 11) is 2.29. The molecule has 1 rings (SSSR count). The van der Waals surface area contributed by atoms with E-state index in [2.05, 4.69) is 44.5 Å². The summed E-state index contributed by atoms with van der Waals surface area (Å²) in [6.45, 7) is 15.9. The van der Waals surface area contributed by atoms with Gasteiger partial charge in [-0.2, -0.15) is 0 Å². The molecule has 1 aliphatic heterocycles. The van der Waals surface area contributed by atoms with Crippen molar-refractivity contribution in [1.29, 1.82) is 0 Å². The first kappa shape index (κ1) is 50.9. The number of nitrogens with zero attached hydrogens (tertiary/aromatic N) is 2. The van der Waals surface area contributed by atoms with E-state index in [0.717, 1.165) is 17.8 Å². The molecule has 318 valence electrons. The molecule has 0 radical (unpaired) electrons. The molecule has 0 aliphatic carbocycles. The highest BCUT2D eigenvalue weighted by Crippen LogP contribution is 2.27. The Kier molecular flexibility index (Phi) is 38.6. The summed E-state index contributed by atoms with van der Waals surface area (Å²) < 4.78 is 0. The van der Waals surface area contributed by atoms with Crippen molar-refractivity contribution in [2.24, 2.45) is 17.8 Å². The van der Waals surface area contributed by atoms with E-state index in [-0.39, 0.29) is 0 Å². The Labute approximate surface area is 338 Å². The fourth-order valence-corrected chi connectivity index (χ4v) is 9.56.